The van der Waals surface area contributed by atoms with Crippen molar-refractivity contribution in [3.63, 3.8) is 0 Å². The third kappa shape index (κ3) is 3.76. The lowest BCUT2D eigenvalue weighted by Gasteiger charge is -2.17. The highest BCUT2D eigenvalue weighted by atomic mass is 79.9. The van der Waals surface area contributed by atoms with Gasteiger partial charge in [-0.15, -0.1) is 0 Å². The Labute approximate surface area is 126 Å². The molecular weight excluding hydrogens is 323 g/mol. The molecule has 106 valence electrons. The molecule has 0 unspecified atom stereocenters. The molecule has 1 aromatic heterocycles. The van der Waals surface area contributed by atoms with Crippen LogP contribution in [0.1, 0.15) is 32.2 Å². The van der Waals surface area contributed by atoms with Gasteiger partial charge in [-0.1, -0.05) is 39.0 Å². The lowest BCUT2D eigenvalue weighted by Crippen LogP contribution is -2.16. The normalized spacial score (nSPS) is 11.4. The minimum atomic E-state index is -0.281. The van der Waals surface area contributed by atoms with E-state index < -0.39 is 0 Å². The van der Waals surface area contributed by atoms with Gasteiger partial charge in [0.2, 0.25) is 5.88 Å². The van der Waals surface area contributed by atoms with Crippen LogP contribution in [0.3, 0.4) is 0 Å². The fraction of sp³-hybridized carbons (Fsp3) is 0.333. The lowest BCUT2D eigenvalue weighted by molar-refractivity contribution is 0.284. The molecule has 2 aromatic rings. The maximum absolute atomic E-state index is 13.5. The predicted molar refractivity (Wildman–Crippen MR) is 79.2 cm³/mol. The summed E-state index contributed by atoms with van der Waals surface area (Å²) in [5, 5.41) is 0. The molecule has 2 rings (SSSR count). The first-order valence-corrected chi connectivity index (χ1v) is 7.07. The summed E-state index contributed by atoms with van der Waals surface area (Å²) in [5.74, 6) is 0.826. The van der Waals surface area contributed by atoms with E-state index in [1.807, 2.05) is 20.8 Å². The Morgan fingerprint density at radius 1 is 1.20 bits per heavy atom. The summed E-state index contributed by atoms with van der Waals surface area (Å²) >= 11 is 3.34. The first-order valence-electron chi connectivity index (χ1n) is 6.27. The Morgan fingerprint density at radius 3 is 2.55 bits per heavy atom. The van der Waals surface area contributed by atoms with Crippen LogP contribution in [0.5, 0.6) is 5.88 Å². The van der Waals surface area contributed by atoms with E-state index in [4.69, 9.17) is 4.74 Å². The Kier molecular flexibility index (Phi) is 4.38. The molecule has 0 atom stereocenters. The zero-order valence-corrected chi connectivity index (χ0v) is 13.2. The fourth-order valence-corrected chi connectivity index (χ4v) is 1.94. The zero-order valence-electron chi connectivity index (χ0n) is 11.7. The van der Waals surface area contributed by atoms with Crippen LogP contribution in [0.4, 0.5) is 4.39 Å². The number of hydrogen-bond donors (Lipinski definition) is 0. The molecule has 0 spiro atoms. The number of ether oxygens (including phenoxy) is 1. The maximum atomic E-state index is 13.5. The average Bonchev–Trinajstić information content (AvgIpc) is 2.36. The maximum Gasteiger partial charge on any atom is 0.218 e. The Bertz CT molecular complexity index is 611. The predicted octanol–water partition coefficient (Wildman–Crippen LogP) is 4.25. The standard InChI is InChI=1S/C15H16BrFN2O/c1-15(2,3)14-18-12(16)8-13(19-14)20-9-10-6-4-5-7-11(10)17/h4-8H,9H2,1-3H3. The fourth-order valence-electron chi connectivity index (χ4n) is 1.57. The largest absolute Gasteiger partial charge is 0.473 e. The lowest BCUT2D eigenvalue weighted by atomic mass is 9.96. The molecule has 0 saturated heterocycles. The van der Waals surface area contributed by atoms with Crippen LogP contribution in [0.25, 0.3) is 0 Å². The number of rotatable bonds is 3. The number of benzene rings is 1. The van der Waals surface area contributed by atoms with Crippen molar-refractivity contribution in [1.82, 2.24) is 9.97 Å². The molecule has 20 heavy (non-hydrogen) atoms. The van der Waals surface area contributed by atoms with Crippen LogP contribution in [-0.2, 0) is 12.0 Å². The summed E-state index contributed by atoms with van der Waals surface area (Å²) < 4.78 is 19.7. The summed E-state index contributed by atoms with van der Waals surface area (Å²) in [6.45, 7) is 6.21. The molecule has 0 N–H and O–H groups in total. The third-order valence-electron chi connectivity index (χ3n) is 2.68. The zero-order chi connectivity index (χ0) is 14.8. The van der Waals surface area contributed by atoms with Crippen molar-refractivity contribution >= 4 is 15.9 Å². The topological polar surface area (TPSA) is 35.0 Å². The molecular formula is C15H16BrFN2O. The van der Waals surface area contributed by atoms with Crippen molar-refractivity contribution in [2.45, 2.75) is 32.8 Å². The SMILES string of the molecule is CC(C)(C)c1nc(Br)cc(OCc2ccccc2F)n1. The van der Waals surface area contributed by atoms with Gasteiger partial charge in [0, 0.05) is 17.0 Å². The van der Waals surface area contributed by atoms with Gasteiger partial charge in [-0.25, -0.2) is 9.37 Å². The smallest absolute Gasteiger partial charge is 0.218 e. The number of nitrogens with zero attached hydrogens (tertiary/aromatic N) is 2. The molecule has 3 nitrogen and oxygen atoms in total. The molecule has 0 bridgehead atoms. The number of halogens is 2. The van der Waals surface area contributed by atoms with Gasteiger partial charge in [-0.05, 0) is 22.0 Å². The second kappa shape index (κ2) is 5.87. The Hall–Kier alpha value is -1.49. The Morgan fingerprint density at radius 2 is 1.90 bits per heavy atom. The quantitative estimate of drug-likeness (QED) is 0.784. The monoisotopic (exact) mass is 338 g/mol. The first-order chi connectivity index (χ1) is 9.36. The van der Waals surface area contributed by atoms with Gasteiger partial charge in [0.05, 0.1) is 0 Å². The van der Waals surface area contributed by atoms with E-state index in [9.17, 15) is 4.39 Å². The third-order valence-corrected chi connectivity index (χ3v) is 3.08. The van der Waals surface area contributed by atoms with E-state index in [0.29, 0.717) is 21.9 Å². The summed E-state index contributed by atoms with van der Waals surface area (Å²) in [7, 11) is 0. The molecule has 0 radical (unpaired) electrons. The van der Waals surface area contributed by atoms with Gasteiger partial charge in [-0.3, -0.25) is 0 Å². The van der Waals surface area contributed by atoms with Gasteiger partial charge in [0.25, 0.3) is 0 Å². The summed E-state index contributed by atoms with van der Waals surface area (Å²) in [4.78, 5) is 8.69. The highest BCUT2D eigenvalue weighted by Gasteiger charge is 2.19. The van der Waals surface area contributed by atoms with Crippen LogP contribution < -0.4 is 4.74 Å². The van der Waals surface area contributed by atoms with Gasteiger partial charge in [0.1, 0.15) is 22.9 Å². The summed E-state index contributed by atoms with van der Waals surface area (Å²) in [5.41, 5.74) is 0.319. The van der Waals surface area contributed by atoms with Crippen LogP contribution in [0, 0.1) is 5.82 Å². The van der Waals surface area contributed by atoms with Crippen molar-refractivity contribution in [1.29, 1.82) is 0 Å². The van der Waals surface area contributed by atoms with Gasteiger partial charge >= 0.3 is 0 Å². The van der Waals surface area contributed by atoms with E-state index in [2.05, 4.69) is 25.9 Å². The van der Waals surface area contributed by atoms with Crippen molar-refractivity contribution in [2.75, 3.05) is 0 Å². The van der Waals surface area contributed by atoms with E-state index in [1.54, 1.807) is 24.3 Å². The van der Waals surface area contributed by atoms with Gasteiger partial charge in [-0.2, -0.15) is 4.98 Å². The van der Waals surface area contributed by atoms with Crippen molar-refractivity contribution < 1.29 is 9.13 Å². The molecule has 0 amide bonds. The van der Waals surface area contributed by atoms with Crippen molar-refractivity contribution in [3.05, 3.63) is 52.1 Å². The minimum Gasteiger partial charge on any atom is -0.473 e. The summed E-state index contributed by atoms with van der Waals surface area (Å²) in [6, 6.07) is 8.21. The second-order valence-electron chi connectivity index (χ2n) is 5.48. The molecule has 0 saturated carbocycles. The molecule has 5 heteroatoms. The highest BCUT2D eigenvalue weighted by molar-refractivity contribution is 9.10. The molecule has 0 fully saturated rings. The minimum absolute atomic E-state index is 0.139. The van der Waals surface area contributed by atoms with E-state index in [-0.39, 0.29) is 17.8 Å². The molecule has 1 heterocycles. The first kappa shape index (κ1) is 14.9. The van der Waals surface area contributed by atoms with Crippen molar-refractivity contribution in [2.24, 2.45) is 0 Å². The van der Waals surface area contributed by atoms with Crippen LogP contribution in [-0.4, -0.2) is 9.97 Å². The van der Waals surface area contributed by atoms with Crippen LogP contribution >= 0.6 is 15.9 Å². The van der Waals surface area contributed by atoms with Gasteiger partial charge in [0.15, 0.2) is 0 Å². The van der Waals surface area contributed by atoms with Crippen LogP contribution in [0.2, 0.25) is 0 Å². The number of aromatic nitrogens is 2. The molecule has 0 aliphatic carbocycles. The molecule has 0 aliphatic rings. The van der Waals surface area contributed by atoms with Gasteiger partial charge < -0.3 is 4.74 Å². The second-order valence-corrected chi connectivity index (χ2v) is 6.30. The Balaban J connectivity index is 2.18. The van der Waals surface area contributed by atoms with E-state index >= 15 is 0 Å². The summed E-state index contributed by atoms with van der Waals surface area (Å²) in [6.07, 6.45) is 0. The highest BCUT2D eigenvalue weighted by Crippen LogP contribution is 2.24. The number of hydrogen-bond acceptors (Lipinski definition) is 3. The van der Waals surface area contributed by atoms with E-state index in [1.165, 1.54) is 6.07 Å². The molecule has 0 aliphatic heterocycles. The van der Waals surface area contributed by atoms with Crippen molar-refractivity contribution in [3.8, 4) is 5.88 Å². The van der Waals surface area contributed by atoms with E-state index in [0.717, 1.165) is 0 Å². The average molecular weight is 339 g/mol. The van der Waals surface area contributed by atoms with Crippen LogP contribution in [0.15, 0.2) is 34.9 Å². The molecule has 1 aromatic carbocycles.